The van der Waals surface area contributed by atoms with Gasteiger partial charge in [0.15, 0.2) is 0 Å². The van der Waals surface area contributed by atoms with Crippen LogP contribution in [0.5, 0.6) is 0 Å². The van der Waals surface area contributed by atoms with Gasteiger partial charge in [0, 0.05) is 45.2 Å². The van der Waals surface area contributed by atoms with Gasteiger partial charge in [0.25, 0.3) is 0 Å². The van der Waals surface area contributed by atoms with E-state index in [0.717, 1.165) is 62.9 Å². The molecule has 2 heterocycles. The Morgan fingerprint density at radius 1 is 0.487 bits per heavy atom. The summed E-state index contributed by atoms with van der Waals surface area (Å²) in [5, 5.41) is 12.0. The third-order valence-electron chi connectivity index (χ3n) is 12.7. The van der Waals surface area contributed by atoms with E-state index < -0.39 is 0 Å². The van der Waals surface area contributed by atoms with Crippen molar-refractivity contribution in [2.45, 2.75) is 189 Å². The summed E-state index contributed by atoms with van der Waals surface area (Å²) in [5.41, 5.74) is 0.977. The van der Waals surface area contributed by atoms with Crippen molar-refractivity contribution in [1.29, 1.82) is 0 Å². The van der Waals surface area contributed by atoms with Gasteiger partial charge in [-0.3, -0.25) is 0 Å². The molecule has 2 nitrogen and oxygen atoms in total. The average Bonchev–Trinajstić information content (AvgIpc) is 3.32. The molecule has 0 radical (unpaired) electrons. The van der Waals surface area contributed by atoms with Gasteiger partial charge in [-0.25, -0.2) is 0 Å². The normalized spacial score (nSPS) is 45.9. The first-order chi connectivity index (χ1) is 18.7. The molecular formula is C35H62N2S2. The number of nitrogens with one attached hydrogen (secondary N) is 2. The minimum Gasteiger partial charge on any atom is -0.309 e. The maximum Gasteiger partial charge on any atom is 0.0204 e. The molecular weight excluding hydrogens is 513 g/mol. The highest BCUT2D eigenvalue weighted by atomic mass is 32.2. The number of rotatable bonds is 3. The molecule has 0 aromatic rings. The average molecular weight is 575 g/mol. The van der Waals surface area contributed by atoms with Crippen molar-refractivity contribution in [3.8, 4) is 0 Å². The molecule has 6 fully saturated rings. The van der Waals surface area contributed by atoms with Crippen molar-refractivity contribution in [2.24, 2.45) is 28.6 Å². The van der Waals surface area contributed by atoms with Gasteiger partial charge < -0.3 is 10.6 Å². The van der Waals surface area contributed by atoms with E-state index in [2.05, 4.69) is 68.8 Å². The molecule has 2 N–H and O–H groups in total. The van der Waals surface area contributed by atoms with Crippen LogP contribution in [0.4, 0.5) is 0 Å². The minimum atomic E-state index is 0.478. The predicted molar refractivity (Wildman–Crippen MR) is 174 cm³/mol. The van der Waals surface area contributed by atoms with Crippen LogP contribution in [-0.4, -0.2) is 45.2 Å². The lowest BCUT2D eigenvalue weighted by Gasteiger charge is -2.44. The molecule has 0 spiro atoms. The molecule has 6 aliphatic rings. The summed E-state index contributed by atoms with van der Waals surface area (Å²) < 4.78 is 0. The van der Waals surface area contributed by atoms with E-state index in [1.807, 2.05) is 0 Å². The zero-order chi connectivity index (χ0) is 27.2. The molecule has 4 saturated carbocycles. The summed E-state index contributed by atoms with van der Waals surface area (Å²) in [4.78, 5) is 0. The van der Waals surface area contributed by atoms with E-state index in [1.165, 1.54) is 109 Å². The monoisotopic (exact) mass is 574 g/mol. The maximum absolute atomic E-state index is 4.28. The fourth-order valence-electron chi connectivity index (χ4n) is 10.2. The summed E-state index contributed by atoms with van der Waals surface area (Å²) in [7, 11) is 0. The van der Waals surface area contributed by atoms with Crippen molar-refractivity contribution in [2.75, 3.05) is 0 Å². The van der Waals surface area contributed by atoms with Gasteiger partial charge in [0.1, 0.15) is 0 Å². The quantitative estimate of drug-likeness (QED) is 0.351. The second-order valence-electron chi connectivity index (χ2n) is 16.8. The molecule has 4 heteroatoms. The number of hydrogen-bond acceptors (Lipinski definition) is 4. The number of thioether (sulfide) groups is 2. The number of fused-ring (bicyclic) bond motifs is 4. The Balaban J connectivity index is 1.01. The Morgan fingerprint density at radius 3 is 1.56 bits per heavy atom. The first kappa shape index (κ1) is 29.7. The molecule has 0 aromatic carbocycles. The summed E-state index contributed by atoms with van der Waals surface area (Å²) in [6, 6.07) is 3.18. The molecule has 39 heavy (non-hydrogen) atoms. The molecule has 11 unspecified atom stereocenters. The van der Waals surface area contributed by atoms with Crippen LogP contribution in [-0.2, 0) is 0 Å². The summed E-state index contributed by atoms with van der Waals surface area (Å²) in [6.07, 6.45) is 24.8. The lowest BCUT2D eigenvalue weighted by Crippen LogP contribution is -2.54. The number of hydrogen-bond donors (Lipinski definition) is 2. The minimum absolute atomic E-state index is 0.478. The third-order valence-corrected chi connectivity index (χ3v) is 16.4. The van der Waals surface area contributed by atoms with E-state index in [-0.39, 0.29) is 0 Å². The van der Waals surface area contributed by atoms with E-state index in [9.17, 15) is 0 Å². The molecule has 0 aromatic heterocycles. The van der Waals surface area contributed by atoms with E-state index in [0.29, 0.717) is 10.8 Å². The Labute approximate surface area is 250 Å². The van der Waals surface area contributed by atoms with Crippen LogP contribution in [0.1, 0.15) is 144 Å². The highest BCUT2D eigenvalue weighted by Gasteiger charge is 2.44. The van der Waals surface area contributed by atoms with Gasteiger partial charge in [-0.05, 0) is 125 Å². The van der Waals surface area contributed by atoms with Crippen LogP contribution in [0.2, 0.25) is 0 Å². The highest BCUT2D eigenvalue weighted by Crippen LogP contribution is 2.50. The molecule has 2 saturated heterocycles. The Hall–Kier alpha value is 0.620. The zero-order valence-electron chi connectivity index (χ0n) is 26.2. The van der Waals surface area contributed by atoms with Gasteiger partial charge in [0.2, 0.25) is 0 Å². The van der Waals surface area contributed by atoms with Gasteiger partial charge in [-0.2, -0.15) is 23.5 Å². The van der Waals surface area contributed by atoms with Gasteiger partial charge in [-0.15, -0.1) is 0 Å². The summed E-state index contributed by atoms with van der Waals surface area (Å²) in [5.74, 6) is 2.78. The Bertz CT molecular complexity index is 757. The maximum atomic E-state index is 4.28. The van der Waals surface area contributed by atoms with Crippen molar-refractivity contribution in [3.05, 3.63) is 0 Å². The SMILES string of the molecule is CC(C)(C)C1CCC2NC3CCC(CC(C)(C)C4CCC5NC6CCCCC6SC5CC4)CCC3SC2CC1. The van der Waals surface area contributed by atoms with Crippen LogP contribution in [0.15, 0.2) is 0 Å². The lowest BCUT2D eigenvalue weighted by molar-refractivity contribution is 0.136. The first-order valence-electron chi connectivity index (χ1n) is 17.5. The second-order valence-corrected chi connectivity index (χ2v) is 19.7. The standard InChI is InChI=1S/C35H62N2S2/c1-34(2,3)24-12-17-28-32(20-14-24)39-31-19-11-23(10-16-27(31)37-28)22-35(4,5)25-13-18-29-33(21-15-25)38-30-9-7-6-8-26(30)36-29/h23-33,36-37H,6-22H2,1-5H3. The van der Waals surface area contributed by atoms with Crippen molar-refractivity contribution < 1.29 is 0 Å². The fraction of sp³-hybridized carbons (Fsp3) is 1.00. The highest BCUT2D eigenvalue weighted by molar-refractivity contribution is 8.00. The van der Waals surface area contributed by atoms with Gasteiger partial charge >= 0.3 is 0 Å². The largest absolute Gasteiger partial charge is 0.309 e. The molecule has 0 bridgehead atoms. The molecule has 11 atom stereocenters. The Kier molecular flexibility index (Phi) is 9.37. The first-order valence-corrected chi connectivity index (χ1v) is 19.4. The van der Waals surface area contributed by atoms with E-state index in [1.54, 1.807) is 0 Å². The van der Waals surface area contributed by atoms with Crippen LogP contribution >= 0.6 is 23.5 Å². The zero-order valence-corrected chi connectivity index (χ0v) is 27.8. The van der Waals surface area contributed by atoms with Crippen LogP contribution in [0.3, 0.4) is 0 Å². The van der Waals surface area contributed by atoms with E-state index >= 15 is 0 Å². The van der Waals surface area contributed by atoms with E-state index in [4.69, 9.17) is 0 Å². The third kappa shape index (κ3) is 6.90. The van der Waals surface area contributed by atoms with Gasteiger partial charge in [0.05, 0.1) is 0 Å². The molecule has 2 aliphatic heterocycles. The predicted octanol–water partition coefficient (Wildman–Crippen LogP) is 9.22. The molecule has 4 aliphatic carbocycles. The second kappa shape index (κ2) is 12.3. The van der Waals surface area contributed by atoms with Crippen molar-refractivity contribution in [1.82, 2.24) is 10.6 Å². The van der Waals surface area contributed by atoms with Crippen molar-refractivity contribution in [3.63, 3.8) is 0 Å². The summed E-state index contributed by atoms with van der Waals surface area (Å²) >= 11 is 4.85. The Morgan fingerprint density at radius 2 is 0.923 bits per heavy atom. The smallest absolute Gasteiger partial charge is 0.0204 e. The van der Waals surface area contributed by atoms with Crippen LogP contribution < -0.4 is 10.6 Å². The molecule has 0 amide bonds. The van der Waals surface area contributed by atoms with Crippen LogP contribution in [0, 0.1) is 28.6 Å². The lowest BCUT2D eigenvalue weighted by atomic mass is 9.68. The van der Waals surface area contributed by atoms with Crippen LogP contribution in [0.25, 0.3) is 0 Å². The topological polar surface area (TPSA) is 24.1 Å². The molecule has 224 valence electrons. The fourth-order valence-corrected chi connectivity index (χ4v) is 13.8. The van der Waals surface area contributed by atoms with Gasteiger partial charge in [-0.1, -0.05) is 47.5 Å². The molecule has 6 rings (SSSR count). The summed E-state index contributed by atoms with van der Waals surface area (Å²) in [6.45, 7) is 12.8. The van der Waals surface area contributed by atoms with Crippen molar-refractivity contribution >= 4 is 23.5 Å².